The van der Waals surface area contributed by atoms with Crippen LogP contribution in [0.25, 0.3) is 11.1 Å². The molecule has 0 aromatic heterocycles. The minimum atomic E-state index is -0.510. The van der Waals surface area contributed by atoms with E-state index in [-0.39, 0.29) is 16.2 Å². The molecule has 4 bridgehead atoms. The van der Waals surface area contributed by atoms with Crippen LogP contribution in [0.3, 0.4) is 0 Å². The van der Waals surface area contributed by atoms with Gasteiger partial charge < -0.3 is 9.64 Å². The van der Waals surface area contributed by atoms with Crippen molar-refractivity contribution in [3.05, 3.63) is 208 Å². The van der Waals surface area contributed by atoms with Crippen LogP contribution >= 0.6 is 0 Å². The number of hydrogen-bond donors (Lipinski definition) is 0. The summed E-state index contributed by atoms with van der Waals surface area (Å²) in [5.41, 5.74) is 16.6. The van der Waals surface area contributed by atoms with Gasteiger partial charge in [0.2, 0.25) is 0 Å². The molecule has 7 aliphatic rings. The van der Waals surface area contributed by atoms with Crippen molar-refractivity contribution in [3.8, 4) is 22.6 Å². The molecule has 2 heteroatoms. The number of hydrogen-bond acceptors (Lipinski definition) is 2. The molecule has 6 aliphatic carbocycles. The molecule has 63 heavy (non-hydrogen) atoms. The molecule has 7 aromatic rings. The highest BCUT2D eigenvalue weighted by molar-refractivity contribution is 5.91. The van der Waals surface area contributed by atoms with Crippen molar-refractivity contribution in [3.63, 3.8) is 0 Å². The van der Waals surface area contributed by atoms with E-state index in [0.717, 1.165) is 41.9 Å². The van der Waals surface area contributed by atoms with Crippen LogP contribution in [0.2, 0.25) is 0 Å². The first-order chi connectivity index (χ1) is 30.7. The van der Waals surface area contributed by atoms with Crippen molar-refractivity contribution in [1.82, 2.24) is 0 Å². The average Bonchev–Trinajstić information content (AvgIpc) is 3.60. The number of para-hydroxylation sites is 2. The number of nitrogens with zero attached hydrogens (tertiary/aromatic N) is 1. The molecule has 4 fully saturated rings. The fourth-order valence-corrected chi connectivity index (χ4v) is 15.0. The molecule has 4 saturated carbocycles. The van der Waals surface area contributed by atoms with Crippen LogP contribution < -0.4 is 9.64 Å². The van der Waals surface area contributed by atoms with Gasteiger partial charge in [0.15, 0.2) is 5.75 Å². The molecule has 1 heterocycles. The lowest BCUT2D eigenvalue weighted by Gasteiger charge is -2.63. The van der Waals surface area contributed by atoms with Gasteiger partial charge in [-0.2, -0.15) is 0 Å². The normalized spacial score (nSPS) is 25.6. The fraction of sp³-hybridized carbons (Fsp3) is 0.311. The molecule has 0 N–H and O–H groups in total. The zero-order chi connectivity index (χ0) is 42.3. The number of rotatable bonds is 5. The number of anilines is 3. The van der Waals surface area contributed by atoms with E-state index in [4.69, 9.17) is 4.74 Å². The summed E-state index contributed by atoms with van der Waals surface area (Å²) in [5.74, 6) is 5.08. The predicted molar refractivity (Wildman–Crippen MR) is 258 cm³/mol. The first-order valence-electron chi connectivity index (χ1n) is 23.9. The SMILES string of the molecule is CC1(C)CCC(C)(C)c2c(N(c3ccc4c(c3)C(c3ccccc3)(c3ccccc3)c3ccccc3-4)c3cccc4c3Oc3ccccc3C43C4CC5CC(C4)CC3C5)cccc21. The Labute approximate surface area is 374 Å². The van der Waals surface area contributed by atoms with Gasteiger partial charge in [-0.3, -0.25) is 0 Å². The molecule has 0 radical (unpaired) electrons. The van der Waals surface area contributed by atoms with Crippen LogP contribution in [0.15, 0.2) is 164 Å². The zero-order valence-electron chi connectivity index (χ0n) is 37.2. The van der Waals surface area contributed by atoms with Crippen molar-refractivity contribution in [2.45, 2.75) is 94.3 Å². The first kappa shape index (κ1) is 37.7. The van der Waals surface area contributed by atoms with E-state index in [1.54, 1.807) is 0 Å². The molecular weight excluding hydrogens is 763 g/mol. The zero-order valence-corrected chi connectivity index (χ0v) is 37.2. The van der Waals surface area contributed by atoms with E-state index in [0.29, 0.717) is 11.8 Å². The Morgan fingerprint density at radius 3 is 1.71 bits per heavy atom. The van der Waals surface area contributed by atoms with Crippen LogP contribution in [0.4, 0.5) is 17.1 Å². The second-order valence-electron chi connectivity index (χ2n) is 21.5. The topological polar surface area (TPSA) is 12.5 Å². The van der Waals surface area contributed by atoms with Crippen LogP contribution in [-0.4, -0.2) is 0 Å². The number of benzene rings is 7. The van der Waals surface area contributed by atoms with Crippen LogP contribution in [0, 0.1) is 23.7 Å². The summed E-state index contributed by atoms with van der Waals surface area (Å²) in [5, 5.41) is 0. The van der Waals surface area contributed by atoms with Crippen molar-refractivity contribution in [2.75, 3.05) is 4.90 Å². The van der Waals surface area contributed by atoms with Gasteiger partial charge in [0.1, 0.15) is 5.75 Å². The fourth-order valence-electron chi connectivity index (χ4n) is 15.0. The molecular formula is C61H57NO. The van der Waals surface area contributed by atoms with E-state index in [9.17, 15) is 0 Å². The molecule has 1 aliphatic heterocycles. The van der Waals surface area contributed by atoms with Crippen molar-refractivity contribution in [2.24, 2.45) is 23.7 Å². The monoisotopic (exact) mass is 819 g/mol. The maximum Gasteiger partial charge on any atom is 0.155 e. The molecule has 0 unspecified atom stereocenters. The Hall–Kier alpha value is -5.86. The Kier molecular flexibility index (Phi) is 7.97. The third kappa shape index (κ3) is 5.07. The first-order valence-corrected chi connectivity index (χ1v) is 23.9. The highest BCUT2D eigenvalue weighted by atomic mass is 16.5. The summed E-state index contributed by atoms with van der Waals surface area (Å²) in [6.07, 6.45) is 9.05. The standard InChI is InChI=1S/C61H57NO/c1-58(2)31-32-59(3,4)56-50(58)24-15-26-53(56)62(54-27-16-25-51-57(54)63-55-28-14-13-23-49(55)61(51)43-34-39-33-40(36-43)37-44(61)35-39)45-29-30-47-46-21-11-12-22-48(46)60(52(47)38-45,41-17-7-5-8-18-41)42-19-9-6-10-20-42/h5-30,38-40,43-44H,31-37H2,1-4H3. The summed E-state index contributed by atoms with van der Waals surface area (Å²) in [4.78, 5) is 2.64. The Bertz CT molecular complexity index is 2890. The van der Waals surface area contributed by atoms with Crippen molar-refractivity contribution in [1.29, 1.82) is 0 Å². The lowest BCUT2D eigenvalue weighted by atomic mass is 9.42. The van der Waals surface area contributed by atoms with Gasteiger partial charge in [-0.15, -0.1) is 0 Å². The Balaban J connectivity index is 1.12. The Morgan fingerprint density at radius 2 is 1.02 bits per heavy atom. The minimum Gasteiger partial charge on any atom is -0.455 e. The van der Waals surface area contributed by atoms with Crippen molar-refractivity contribution >= 4 is 17.1 Å². The molecule has 2 nitrogen and oxygen atoms in total. The molecule has 7 aromatic carbocycles. The van der Waals surface area contributed by atoms with E-state index in [1.165, 1.54) is 99.1 Å². The third-order valence-electron chi connectivity index (χ3n) is 17.4. The molecule has 0 saturated heterocycles. The van der Waals surface area contributed by atoms with Gasteiger partial charge in [-0.05, 0) is 154 Å². The van der Waals surface area contributed by atoms with E-state index < -0.39 is 5.41 Å². The lowest BCUT2D eigenvalue weighted by Crippen LogP contribution is -2.57. The van der Waals surface area contributed by atoms with Crippen LogP contribution in [0.5, 0.6) is 11.5 Å². The highest BCUT2D eigenvalue weighted by Crippen LogP contribution is 2.70. The van der Waals surface area contributed by atoms with Crippen molar-refractivity contribution < 1.29 is 4.74 Å². The quantitative estimate of drug-likeness (QED) is 0.171. The molecule has 312 valence electrons. The Morgan fingerprint density at radius 1 is 0.460 bits per heavy atom. The average molecular weight is 820 g/mol. The molecule has 0 amide bonds. The van der Waals surface area contributed by atoms with Gasteiger partial charge in [-0.1, -0.05) is 161 Å². The maximum atomic E-state index is 7.48. The third-order valence-corrected chi connectivity index (χ3v) is 17.4. The molecule has 1 spiro atoms. The summed E-state index contributed by atoms with van der Waals surface area (Å²) in [7, 11) is 0. The van der Waals surface area contributed by atoms with Crippen LogP contribution in [-0.2, 0) is 21.7 Å². The lowest BCUT2D eigenvalue weighted by molar-refractivity contribution is -0.0451. The van der Waals surface area contributed by atoms with Gasteiger partial charge in [0.05, 0.1) is 16.8 Å². The molecule has 14 rings (SSSR count). The van der Waals surface area contributed by atoms with Gasteiger partial charge in [0.25, 0.3) is 0 Å². The summed E-state index contributed by atoms with van der Waals surface area (Å²) >= 11 is 0. The summed E-state index contributed by atoms with van der Waals surface area (Å²) in [6.45, 7) is 9.87. The predicted octanol–water partition coefficient (Wildman–Crippen LogP) is 15.7. The maximum absolute atomic E-state index is 7.48. The second-order valence-corrected chi connectivity index (χ2v) is 21.5. The molecule has 0 atom stereocenters. The van der Waals surface area contributed by atoms with Gasteiger partial charge in [-0.25, -0.2) is 0 Å². The number of fused-ring (bicyclic) bond motifs is 6. The van der Waals surface area contributed by atoms with Gasteiger partial charge >= 0.3 is 0 Å². The van der Waals surface area contributed by atoms with Gasteiger partial charge in [0, 0.05) is 22.2 Å². The van der Waals surface area contributed by atoms with E-state index in [1.807, 2.05) is 0 Å². The summed E-state index contributed by atoms with van der Waals surface area (Å²) < 4.78 is 7.48. The van der Waals surface area contributed by atoms with Crippen LogP contribution in [0.1, 0.15) is 117 Å². The second kappa shape index (κ2) is 13.3. The summed E-state index contributed by atoms with van der Waals surface area (Å²) in [6, 6.07) is 62.6. The smallest absolute Gasteiger partial charge is 0.155 e. The number of ether oxygens (including phenoxy) is 1. The van der Waals surface area contributed by atoms with E-state index in [2.05, 4.69) is 196 Å². The van der Waals surface area contributed by atoms with E-state index >= 15 is 0 Å². The largest absolute Gasteiger partial charge is 0.455 e. The minimum absolute atomic E-state index is 0.0323. The highest BCUT2D eigenvalue weighted by Gasteiger charge is 2.61.